The number of amides is 1. The highest BCUT2D eigenvalue weighted by molar-refractivity contribution is 5.96. The van der Waals surface area contributed by atoms with E-state index in [0.29, 0.717) is 28.9 Å². The van der Waals surface area contributed by atoms with Crippen molar-refractivity contribution in [2.24, 2.45) is 0 Å². The van der Waals surface area contributed by atoms with E-state index in [-0.39, 0.29) is 11.9 Å². The van der Waals surface area contributed by atoms with Crippen molar-refractivity contribution in [1.82, 2.24) is 29.6 Å². The molecule has 1 aliphatic heterocycles. The lowest BCUT2D eigenvalue weighted by Crippen LogP contribution is -2.38. The van der Waals surface area contributed by atoms with Gasteiger partial charge in [-0.05, 0) is 61.9 Å². The average Bonchev–Trinajstić information content (AvgIpc) is 3.38. The highest BCUT2D eigenvalue weighted by Gasteiger charge is 2.37. The first-order valence-electron chi connectivity index (χ1n) is 11.5. The summed E-state index contributed by atoms with van der Waals surface area (Å²) in [4.78, 5) is 29.2. The van der Waals surface area contributed by atoms with Crippen molar-refractivity contribution in [2.45, 2.75) is 44.1 Å². The smallest absolute Gasteiger partial charge is 0.257 e. The van der Waals surface area contributed by atoms with Crippen molar-refractivity contribution in [3.8, 4) is 17.4 Å². The summed E-state index contributed by atoms with van der Waals surface area (Å²) in [7, 11) is 0. The minimum absolute atomic E-state index is 0.0268. The molecule has 0 N–H and O–H groups in total. The van der Waals surface area contributed by atoms with Crippen LogP contribution in [0.4, 0.5) is 0 Å². The number of furan rings is 1. The first kappa shape index (κ1) is 19.8. The summed E-state index contributed by atoms with van der Waals surface area (Å²) in [5.41, 5.74) is 3.33. The van der Waals surface area contributed by atoms with E-state index in [0.717, 1.165) is 49.9 Å². The number of piperidine rings is 1. The van der Waals surface area contributed by atoms with Crippen LogP contribution in [0.15, 0.2) is 65.8 Å². The lowest BCUT2D eigenvalue weighted by molar-refractivity contribution is 0.0610. The predicted molar refractivity (Wildman–Crippen MR) is 121 cm³/mol. The monoisotopic (exact) mass is 440 g/mol. The fraction of sp³-hybridized carbons (Fsp3) is 0.320. The molecule has 1 aliphatic carbocycles. The largest absolute Gasteiger partial charge is 0.463 e. The molecular weight excluding hydrogens is 416 g/mol. The highest BCUT2D eigenvalue weighted by Crippen LogP contribution is 2.43. The van der Waals surface area contributed by atoms with E-state index in [1.54, 1.807) is 35.6 Å². The zero-order valence-electron chi connectivity index (χ0n) is 18.2. The Bertz CT molecular complexity index is 1260. The van der Waals surface area contributed by atoms with Crippen LogP contribution in [0.25, 0.3) is 17.4 Å². The summed E-state index contributed by atoms with van der Waals surface area (Å²) in [5.74, 6) is 1.44. The van der Waals surface area contributed by atoms with Gasteiger partial charge < -0.3 is 9.32 Å². The molecule has 0 bridgehead atoms. The average molecular weight is 441 g/mol. The van der Waals surface area contributed by atoms with Gasteiger partial charge in [-0.3, -0.25) is 9.78 Å². The molecule has 0 aromatic carbocycles. The Hall–Kier alpha value is -3.81. The standard InChI is InChI=1S/C25H24N6O2/c32-24(30-13-2-1-6-21(30)18-5-3-11-26-15-18)19-16-28-31(23(19)17-8-9-17)25-27-12-10-20(29-25)22-7-4-14-33-22/h3-5,7,10-12,14-17,21H,1-2,6,8-9,13H2. The van der Waals surface area contributed by atoms with E-state index in [9.17, 15) is 4.79 Å². The van der Waals surface area contributed by atoms with Gasteiger partial charge in [0.05, 0.1) is 29.8 Å². The normalized spacial score (nSPS) is 18.4. The third-order valence-corrected chi connectivity index (χ3v) is 6.44. The van der Waals surface area contributed by atoms with Gasteiger partial charge >= 0.3 is 0 Å². The van der Waals surface area contributed by atoms with Crippen molar-refractivity contribution < 1.29 is 9.21 Å². The SMILES string of the molecule is O=C(c1cnn(-c2nccc(-c3ccco3)n2)c1C1CC1)N1CCCCC1c1cccnc1. The number of hydrogen-bond acceptors (Lipinski definition) is 6. The van der Waals surface area contributed by atoms with Gasteiger partial charge in [0.2, 0.25) is 0 Å². The van der Waals surface area contributed by atoms with Crippen LogP contribution in [0.1, 0.15) is 65.7 Å². The van der Waals surface area contributed by atoms with Gasteiger partial charge in [0.25, 0.3) is 11.9 Å². The molecular formula is C25H24N6O2. The number of carbonyl (C=O) groups excluding carboxylic acids is 1. The molecule has 6 rings (SSSR count). The molecule has 2 aliphatic rings. The van der Waals surface area contributed by atoms with E-state index >= 15 is 0 Å². The van der Waals surface area contributed by atoms with Gasteiger partial charge in [0.1, 0.15) is 5.69 Å². The number of nitrogens with zero attached hydrogens (tertiary/aromatic N) is 6. The number of rotatable bonds is 5. The van der Waals surface area contributed by atoms with Gasteiger partial charge in [0, 0.05) is 31.1 Å². The first-order valence-corrected chi connectivity index (χ1v) is 11.5. The zero-order valence-corrected chi connectivity index (χ0v) is 18.2. The van der Waals surface area contributed by atoms with Gasteiger partial charge in [-0.15, -0.1) is 0 Å². The van der Waals surface area contributed by atoms with Crippen molar-refractivity contribution in [1.29, 1.82) is 0 Å². The third kappa shape index (κ3) is 3.71. The maximum Gasteiger partial charge on any atom is 0.257 e. The Labute approximate surface area is 191 Å². The first-order chi connectivity index (χ1) is 16.3. The fourth-order valence-corrected chi connectivity index (χ4v) is 4.69. The van der Waals surface area contributed by atoms with Crippen LogP contribution in [-0.4, -0.2) is 42.1 Å². The third-order valence-electron chi connectivity index (χ3n) is 6.44. The molecule has 166 valence electrons. The maximum atomic E-state index is 13.8. The summed E-state index contributed by atoms with van der Waals surface area (Å²) in [5, 5.41) is 4.58. The lowest BCUT2D eigenvalue weighted by atomic mass is 9.95. The molecule has 1 atom stereocenters. The molecule has 1 saturated heterocycles. The molecule has 8 heteroatoms. The lowest BCUT2D eigenvalue weighted by Gasteiger charge is -2.36. The van der Waals surface area contributed by atoms with Crippen LogP contribution < -0.4 is 0 Å². The number of likely N-dealkylation sites (tertiary alicyclic amines) is 1. The molecule has 0 spiro atoms. The topological polar surface area (TPSA) is 89.9 Å². The number of carbonyl (C=O) groups is 1. The number of hydrogen-bond donors (Lipinski definition) is 0. The molecule has 0 radical (unpaired) electrons. The number of pyridine rings is 1. The molecule has 33 heavy (non-hydrogen) atoms. The van der Waals surface area contributed by atoms with E-state index in [2.05, 4.69) is 26.1 Å². The molecule has 1 unspecified atom stereocenters. The molecule has 1 saturated carbocycles. The minimum Gasteiger partial charge on any atom is -0.463 e. The van der Waals surface area contributed by atoms with Crippen LogP contribution in [-0.2, 0) is 0 Å². The summed E-state index contributed by atoms with van der Waals surface area (Å²) in [6.07, 6.45) is 13.8. The van der Waals surface area contributed by atoms with E-state index < -0.39 is 0 Å². The molecule has 5 heterocycles. The van der Waals surface area contributed by atoms with Crippen LogP contribution in [0.5, 0.6) is 0 Å². The van der Waals surface area contributed by atoms with Crippen molar-refractivity contribution in [2.75, 3.05) is 6.54 Å². The van der Waals surface area contributed by atoms with Gasteiger partial charge in [0.15, 0.2) is 5.76 Å². The van der Waals surface area contributed by atoms with Crippen LogP contribution in [0, 0.1) is 0 Å². The summed E-state index contributed by atoms with van der Waals surface area (Å²) in [6, 6.07) is 9.52. The second-order valence-corrected chi connectivity index (χ2v) is 8.65. The Morgan fingerprint density at radius 1 is 1.03 bits per heavy atom. The van der Waals surface area contributed by atoms with Crippen molar-refractivity contribution in [3.63, 3.8) is 0 Å². The van der Waals surface area contributed by atoms with Gasteiger partial charge in [-0.2, -0.15) is 5.10 Å². The Morgan fingerprint density at radius 2 is 1.97 bits per heavy atom. The molecule has 1 amide bonds. The van der Waals surface area contributed by atoms with Gasteiger partial charge in [-0.1, -0.05) is 6.07 Å². The maximum absolute atomic E-state index is 13.8. The Kier molecular flexibility index (Phi) is 4.97. The summed E-state index contributed by atoms with van der Waals surface area (Å²) < 4.78 is 7.23. The minimum atomic E-state index is 0.0268. The van der Waals surface area contributed by atoms with E-state index in [4.69, 9.17) is 4.42 Å². The molecule has 4 aromatic rings. The van der Waals surface area contributed by atoms with Crippen molar-refractivity contribution >= 4 is 5.91 Å². The quantitative estimate of drug-likeness (QED) is 0.452. The van der Waals surface area contributed by atoms with Crippen LogP contribution in [0.3, 0.4) is 0 Å². The Morgan fingerprint density at radius 3 is 2.76 bits per heavy atom. The summed E-state index contributed by atoms with van der Waals surface area (Å²) in [6.45, 7) is 0.734. The summed E-state index contributed by atoms with van der Waals surface area (Å²) >= 11 is 0. The number of aromatic nitrogens is 5. The van der Waals surface area contributed by atoms with Crippen molar-refractivity contribution in [3.05, 3.63) is 78.2 Å². The van der Waals surface area contributed by atoms with E-state index in [1.165, 1.54) is 0 Å². The Balaban J connectivity index is 1.37. The molecule has 2 fully saturated rings. The fourth-order valence-electron chi connectivity index (χ4n) is 4.69. The molecule has 4 aromatic heterocycles. The second kappa shape index (κ2) is 8.27. The van der Waals surface area contributed by atoms with Crippen LogP contribution >= 0.6 is 0 Å². The van der Waals surface area contributed by atoms with E-state index in [1.807, 2.05) is 29.3 Å². The van der Waals surface area contributed by atoms with Gasteiger partial charge in [-0.25, -0.2) is 14.6 Å². The molecule has 8 nitrogen and oxygen atoms in total. The zero-order chi connectivity index (χ0) is 22.2. The second-order valence-electron chi connectivity index (χ2n) is 8.65. The highest BCUT2D eigenvalue weighted by atomic mass is 16.3. The van der Waals surface area contributed by atoms with Crippen LogP contribution in [0.2, 0.25) is 0 Å². The predicted octanol–water partition coefficient (Wildman–Crippen LogP) is 4.56.